The molecule has 30 heavy (non-hydrogen) atoms. The van der Waals surface area contributed by atoms with Gasteiger partial charge in [0, 0.05) is 31.1 Å². The molecule has 1 heterocycles. The van der Waals surface area contributed by atoms with Crippen molar-refractivity contribution in [2.45, 2.75) is 6.92 Å². The third-order valence-corrected chi connectivity index (χ3v) is 4.63. The van der Waals surface area contributed by atoms with E-state index in [1.165, 1.54) is 22.9 Å². The van der Waals surface area contributed by atoms with Crippen molar-refractivity contribution in [3.63, 3.8) is 0 Å². The van der Waals surface area contributed by atoms with Crippen molar-refractivity contribution < 1.29 is 14.5 Å². The number of carbonyl (C=O) groups excluding carboxylic acids is 2. The van der Waals surface area contributed by atoms with E-state index in [-0.39, 0.29) is 29.3 Å². The number of ketones is 1. The van der Waals surface area contributed by atoms with E-state index in [9.17, 15) is 19.7 Å². The van der Waals surface area contributed by atoms with Crippen LogP contribution >= 0.6 is 11.6 Å². The summed E-state index contributed by atoms with van der Waals surface area (Å²) in [6, 6.07) is 9.19. The van der Waals surface area contributed by atoms with Crippen LogP contribution in [0.15, 0.2) is 48.8 Å². The molecule has 0 fully saturated rings. The Kier molecular flexibility index (Phi) is 6.12. The molecule has 0 saturated carbocycles. The number of amides is 1. The maximum absolute atomic E-state index is 12.5. The summed E-state index contributed by atoms with van der Waals surface area (Å²) in [7, 11) is 1.66. The predicted octanol–water partition coefficient (Wildman–Crippen LogP) is 3.57. The average molecular weight is 428 g/mol. The van der Waals surface area contributed by atoms with Gasteiger partial charge in [-0.2, -0.15) is 0 Å². The van der Waals surface area contributed by atoms with Gasteiger partial charge in [-0.15, -0.1) is 0 Å². The Bertz CT molecular complexity index is 1140. The Morgan fingerprint density at radius 1 is 1.20 bits per heavy atom. The number of aromatic nitrogens is 2. The molecule has 0 aliphatic rings. The summed E-state index contributed by atoms with van der Waals surface area (Å²) in [5, 5.41) is 17.2. The number of imidazole rings is 1. The number of aryl methyl sites for hydroxylation is 2. The van der Waals surface area contributed by atoms with E-state index in [0.29, 0.717) is 10.7 Å². The van der Waals surface area contributed by atoms with Crippen LogP contribution in [-0.2, 0) is 11.8 Å². The number of nitrogens with one attached hydrogen (secondary N) is 2. The third-order valence-electron chi connectivity index (χ3n) is 4.32. The Balaban J connectivity index is 1.74. The molecule has 0 saturated heterocycles. The van der Waals surface area contributed by atoms with E-state index in [2.05, 4.69) is 15.6 Å². The van der Waals surface area contributed by atoms with Gasteiger partial charge in [-0.25, -0.2) is 4.98 Å². The van der Waals surface area contributed by atoms with Crippen molar-refractivity contribution in [2.24, 2.45) is 7.05 Å². The fourth-order valence-corrected chi connectivity index (χ4v) is 3.06. The minimum absolute atomic E-state index is 0.113. The smallest absolute Gasteiger partial charge is 0.293 e. The van der Waals surface area contributed by atoms with Crippen LogP contribution in [0.4, 0.5) is 17.1 Å². The van der Waals surface area contributed by atoms with Crippen LogP contribution in [0.3, 0.4) is 0 Å². The highest BCUT2D eigenvalue weighted by Gasteiger charge is 2.21. The van der Waals surface area contributed by atoms with Crippen LogP contribution in [0.1, 0.15) is 21.7 Å². The van der Waals surface area contributed by atoms with E-state index in [1.807, 2.05) is 6.92 Å². The summed E-state index contributed by atoms with van der Waals surface area (Å²) >= 11 is 6.09. The first-order valence-electron chi connectivity index (χ1n) is 8.86. The molecule has 10 heteroatoms. The zero-order chi connectivity index (χ0) is 21.8. The summed E-state index contributed by atoms with van der Waals surface area (Å²) in [4.78, 5) is 39.6. The number of carbonyl (C=O) groups is 2. The van der Waals surface area contributed by atoms with Gasteiger partial charge in [0.15, 0.2) is 5.82 Å². The Morgan fingerprint density at radius 3 is 2.57 bits per heavy atom. The van der Waals surface area contributed by atoms with Crippen LogP contribution in [0.2, 0.25) is 5.02 Å². The number of nitrogens with zero attached hydrogens (tertiary/aromatic N) is 3. The van der Waals surface area contributed by atoms with E-state index in [0.717, 1.165) is 11.6 Å². The third kappa shape index (κ3) is 4.64. The molecule has 2 N–H and O–H groups in total. The molecule has 0 unspecified atom stereocenters. The van der Waals surface area contributed by atoms with Crippen LogP contribution in [0.5, 0.6) is 0 Å². The van der Waals surface area contributed by atoms with E-state index in [1.54, 1.807) is 31.4 Å². The molecule has 3 aromatic rings. The van der Waals surface area contributed by atoms with Gasteiger partial charge in [-0.3, -0.25) is 19.7 Å². The van der Waals surface area contributed by atoms with E-state index in [4.69, 9.17) is 11.6 Å². The first-order chi connectivity index (χ1) is 14.3. The molecular weight excluding hydrogens is 410 g/mol. The highest BCUT2D eigenvalue weighted by atomic mass is 35.5. The summed E-state index contributed by atoms with van der Waals surface area (Å²) < 4.78 is 1.53. The second-order valence-corrected chi connectivity index (χ2v) is 6.97. The van der Waals surface area contributed by atoms with Gasteiger partial charge in [-0.05, 0) is 36.8 Å². The molecule has 3 rings (SSSR count). The molecular formula is C20H18ClN5O4. The maximum atomic E-state index is 12.5. The predicted molar refractivity (Wildman–Crippen MR) is 113 cm³/mol. The van der Waals surface area contributed by atoms with Gasteiger partial charge in [-0.1, -0.05) is 17.7 Å². The maximum Gasteiger partial charge on any atom is 0.293 e. The molecule has 2 aromatic carbocycles. The zero-order valence-corrected chi connectivity index (χ0v) is 16.9. The van der Waals surface area contributed by atoms with Crippen molar-refractivity contribution in [1.82, 2.24) is 9.55 Å². The van der Waals surface area contributed by atoms with Crippen molar-refractivity contribution >= 4 is 40.4 Å². The standard InChI is InChI=1S/C20H18ClN5O4/c1-12-3-5-15(14(21)9-12)24-18(27)11-23-16-6-4-13(10-17(16)26(29)30)19(28)20-22-7-8-25(20)2/h3-10,23H,11H2,1-2H3,(H,24,27). The van der Waals surface area contributed by atoms with Crippen molar-refractivity contribution in [1.29, 1.82) is 0 Å². The lowest BCUT2D eigenvalue weighted by Gasteiger charge is -2.10. The molecule has 154 valence electrons. The summed E-state index contributed by atoms with van der Waals surface area (Å²) in [5.74, 6) is -0.702. The van der Waals surface area contributed by atoms with Crippen LogP contribution in [0.25, 0.3) is 0 Å². The van der Waals surface area contributed by atoms with Gasteiger partial charge in [0.05, 0.1) is 22.2 Å². The monoisotopic (exact) mass is 427 g/mol. The fourth-order valence-electron chi connectivity index (χ4n) is 2.78. The van der Waals surface area contributed by atoms with Crippen molar-refractivity contribution in [3.8, 4) is 0 Å². The Morgan fingerprint density at radius 2 is 1.93 bits per heavy atom. The SMILES string of the molecule is Cc1ccc(NC(=O)CNc2ccc(C(=O)c3nccn3C)cc2[N+](=O)[O-])c(Cl)c1. The number of hydrogen-bond acceptors (Lipinski definition) is 6. The second-order valence-electron chi connectivity index (χ2n) is 6.56. The average Bonchev–Trinajstić information content (AvgIpc) is 3.13. The summed E-state index contributed by atoms with van der Waals surface area (Å²) in [6.45, 7) is 1.65. The van der Waals surface area contributed by atoms with Gasteiger partial charge < -0.3 is 15.2 Å². The molecule has 0 atom stereocenters. The van der Waals surface area contributed by atoms with Crippen molar-refractivity contribution in [2.75, 3.05) is 17.2 Å². The van der Waals surface area contributed by atoms with Crippen molar-refractivity contribution in [3.05, 3.63) is 80.9 Å². The largest absolute Gasteiger partial charge is 0.371 e. The molecule has 0 aliphatic heterocycles. The van der Waals surface area contributed by atoms with Gasteiger partial charge in [0.1, 0.15) is 5.69 Å². The van der Waals surface area contributed by atoms with Crippen LogP contribution < -0.4 is 10.6 Å². The fraction of sp³-hybridized carbons (Fsp3) is 0.150. The Labute approximate surface area is 176 Å². The number of anilines is 2. The number of rotatable bonds is 7. The number of hydrogen-bond donors (Lipinski definition) is 2. The molecule has 0 aliphatic carbocycles. The van der Waals surface area contributed by atoms with Gasteiger partial charge in [0.25, 0.3) is 5.69 Å². The van der Waals surface area contributed by atoms with Crippen LogP contribution in [0, 0.1) is 17.0 Å². The molecule has 9 nitrogen and oxygen atoms in total. The lowest BCUT2D eigenvalue weighted by molar-refractivity contribution is -0.384. The minimum atomic E-state index is -0.619. The number of benzene rings is 2. The zero-order valence-electron chi connectivity index (χ0n) is 16.2. The molecule has 0 spiro atoms. The number of halogens is 1. The highest BCUT2D eigenvalue weighted by Crippen LogP contribution is 2.27. The number of nitro benzene ring substituents is 1. The summed E-state index contributed by atoms with van der Waals surface area (Å²) in [6.07, 6.45) is 3.08. The molecule has 0 radical (unpaired) electrons. The lowest BCUT2D eigenvalue weighted by atomic mass is 10.1. The first kappa shape index (κ1) is 21.0. The molecule has 1 aromatic heterocycles. The number of nitro groups is 1. The van der Waals surface area contributed by atoms with Gasteiger partial charge in [0.2, 0.25) is 11.7 Å². The quantitative estimate of drug-likeness (QED) is 0.338. The second kappa shape index (κ2) is 8.75. The highest BCUT2D eigenvalue weighted by molar-refractivity contribution is 6.33. The van der Waals surface area contributed by atoms with E-state index < -0.39 is 16.6 Å². The normalized spacial score (nSPS) is 10.5. The minimum Gasteiger partial charge on any atom is -0.371 e. The van der Waals surface area contributed by atoms with E-state index >= 15 is 0 Å². The summed E-state index contributed by atoms with van der Waals surface area (Å²) in [5.41, 5.74) is 1.31. The topological polar surface area (TPSA) is 119 Å². The molecule has 0 bridgehead atoms. The lowest BCUT2D eigenvalue weighted by Crippen LogP contribution is -2.22. The molecule has 1 amide bonds. The Hall–Kier alpha value is -3.72. The van der Waals surface area contributed by atoms with Crippen LogP contribution in [-0.4, -0.2) is 32.7 Å². The first-order valence-corrected chi connectivity index (χ1v) is 9.24. The van der Waals surface area contributed by atoms with Gasteiger partial charge >= 0.3 is 0 Å².